The number of benzene rings is 1. The van der Waals surface area contributed by atoms with Gasteiger partial charge in [0.15, 0.2) is 0 Å². The van der Waals surface area contributed by atoms with E-state index in [1.54, 1.807) is 0 Å². The van der Waals surface area contributed by atoms with E-state index >= 15 is 0 Å². The number of nitriles is 1. The second-order valence-electron chi connectivity index (χ2n) is 6.11. The number of imidazole rings is 1. The molecule has 2 aromatic rings. The quantitative estimate of drug-likeness (QED) is 0.856. The molecule has 3 rings (SSSR count). The molecule has 1 aromatic heterocycles. The van der Waals surface area contributed by atoms with Crippen molar-refractivity contribution >= 4 is 11.0 Å². The predicted molar refractivity (Wildman–Crippen MR) is 79.1 cm³/mol. The second-order valence-corrected chi connectivity index (χ2v) is 6.11. The van der Waals surface area contributed by atoms with Gasteiger partial charge >= 0.3 is 0 Å². The van der Waals surface area contributed by atoms with E-state index in [0.717, 1.165) is 37.3 Å². The second kappa shape index (κ2) is 4.60. The van der Waals surface area contributed by atoms with E-state index in [4.69, 9.17) is 5.26 Å². The molecule has 0 bridgehead atoms. The molecule has 104 valence electrons. The van der Waals surface area contributed by atoms with E-state index in [9.17, 15) is 0 Å². The summed E-state index contributed by atoms with van der Waals surface area (Å²) in [6.07, 6.45) is 2.10. The smallest absolute Gasteiger partial charge is 0.106 e. The lowest BCUT2D eigenvalue weighted by Gasteiger charge is -2.19. The van der Waals surface area contributed by atoms with Gasteiger partial charge in [0, 0.05) is 20.1 Å². The zero-order chi connectivity index (χ0) is 14.3. The number of aromatic nitrogens is 2. The summed E-state index contributed by atoms with van der Waals surface area (Å²) in [4.78, 5) is 6.82. The highest BCUT2D eigenvalue weighted by Crippen LogP contribution is 2.45. The van der Waals surface area contributed by atoms with Gasteiger partial charge in [-0.25, -0.2) is 4.98 Å². The molecule has 0 radical (unpaired) electrons. The van der Waals surface area contributed by atoms with E-state index < -0.39 is 0 Å². The van der Waals surface area contributed by atoms with E-state index in [0.29, 0.717) is 0 Å². The van der Waals surface area contributed by atoms with Crippen LogP contribution in [0.2, 0.25) is 0 Å². The topological polar surface area (TPSA) is 44.9 Å². The van der Waals surface area contributed by atoms with Gasteiger partial charge in [0.25, 0.3) is 0 Å². The van der Waals surface area contributed by atoms with Crippen molar-refractivity contribution in [3.8, 4) is 6.07 Å². The summed E-state index contributed by atoms with van der Waals surface area (Å²) in [6.45, 7) is 3.76. The number of nitrogens with zero attached hydrogens (tertiary/aromatic N) is 4. The Labute approximate surface area is 119 Å². The normalized spacial score (nSPS) is 16.6. The summed E-state index contributed by atoms with van der Waals surface area (Å²) in [5.74, 6) is 1.03. The van der Waals surface area contributed by atoms with Crippen LogP contribution in [0, 0.1) is 23.7 Å². The van der Waals surface area contributed by atoms with Gasteiger partial charge in [0.05, 0.1) is 22.5 Å². The maximum absolute atomic E-state index is 9.16. The average Bonchev–Trinajstić information content (AvgIpc) is 3.12. The standard InChI is InChI=1S/C16H20N4/c1-12-18-14-8-13(4-5-15(14)20(12)3)9-19(2)11-16(10-17)6-7-16/h4-5,8H,6-7,9,11H2,1-3H3. The fraction of sp³-hybridized carbons (Fsp3) is 0.500. The first kappa shape index (κ1) is 13.1. The zero-order valence-electron chi connectivity index (χ0n) is 12.3. The summed E-state index contributed by atoms with van der Waals surface area (Å²) in [5, 5.41) is 9.16. The summed E-state index contributed by atoms with van der Waals surface area (Å²) in [7, 11) is 4.13. The first-order chi connectivity index (χ1) is 9.53. The summed E-state index contributed by atoms with van der Waals surface area (Å²) in [6, 6.07) is 8.90. The molecule has 4 nitrogen and oxygen atoms in total. The molecule has 0 unspecified atom stereocenters. The Morgan fingerprint density at radius 1 is 1.45 bits per heavy atom. The van der Waals surface area contributed by atoms with Crippen LogP contribution in [-0.2, 0) is 13.6 Å². The lowest BCUT2D eigenvalue weighted by Crippen LogP contribution is -2.25. The van der Waals surface area contributed by atoms with E-state index in [-0.39, 0.29) is 5.41 Å². The average molecular weight is 268 g/mol. The maximum atomic E-state index is 9.16. The zero-order valence-corrected chi connectivity index (χ0v) is 12.3. The van der Waals surface area contributed by atoms with Gasteiger partial charge in [-0.15, -0.1) is 0 Å². The van der Waals surface area contributed by atoms with Crippen molar-refractivity contribution in [2.75, 3.05) is 13.6 Å². The van der Waals surface area contributed by atoms with Crippen LogP contribution in [0.1, 0.15) is 24.2 Å². The molecule has 4 heteroatoms. The van der Waals surface area contributed by atoms with Crippen LogP contribution >= 0.6 is 0 Å². The number of aryl methyl sites for hydroxylation is 2. The molecular weight excluding hydrogens is 248 g/mol. The van der Waals surface area contributed by atoms with Gasteiger partial charge < -0.3 is 9.47 Å². The third kappa shape index (κ3) is 2.30. The molecule has 0 aliphatic heterocycles. The molecular formula is C16H20N4. The SMILES string of the molecule is Cc1nc2cc(CN(C)CC3(C#N)CC3)ccc2n1C. The Kier molecular flexibility index (Phi) is 3.02. The maximum Gasteiger partial charge on any atom is 0.106 e. The van der Waals surface area contributed by atoms with Gasteiger partial charge in [-0.3, -0.25) is 0 Å². The van der Waals surface area contributed by atoms with E-state index in [1.165, 1.54) is 11.1 Å². The molecule has 1 aliphatic carbocycles. The van der Waals surface area contributed by atoms with Crippen LogP contribution in [-0.4, -0.2) is 28.0 Å². The predicted octanol–water partition coefficient (Wildman–Crippen LogP) is 2.62. The van der Waals surface area contributed by atoms with Gasteiger partial charge in [-0.2, -0.15) is 5.26 Å². The van der Waals surface area contributed by atoms with Crippen LogP contribution in [0.5, 0.6) is 0 Å². The lowest BCUT2D eigenvalue weighted by atomic mass is 10.1. The largest absolute Gasteiger partial charge is 0.331 e. The Hall–Kier alpha value is -1.86. The Bertz CT molecular complexity index is 688. The summed E-state index contributed by atoms with van der Waals surface area (Å²) >= 11 is 0. The van der Waals surface area contributed by atoms with Crippen molar-refractivity contribution in [1.29, 1.82) is 5.26 Å². The molecule has 0 spiro atoms. The van der Waals surface area contributed by atoms with Crippen LogP contribution in [0.4, 0.5) is 0 Å². The summed E-state index contributed by atoms with van der Waals surface area (Å²) in [5.41, 5.74) is 3.41. The summed E-state index contributed by atoms with van der Waals surface area (Å²) < 4.78 is 2.11. The first-order valence-electron chi connectivity index (χ1n) is 7.05. The number of rotatable bonds is 4. The fourth-order valence-corrected chi connectivity index (χ4v) is 2.80. The molecule has 0 atom stereocenters. The van der Waals surface area contributed by atoms with Crippen molar-refractivity contribution in [3.63, 3.8) is 0 Å². The highest BCUT2D eigenvalue weighted by atomic mass is 15.1. The molecule has 1 heterocycles. The number of fused-ring (bicyclic) bond motifs is 1. The Morgan fingerprint density at radius 3 is 2.85 bits per heavy atom. The minimum Gasteiger partial charge on any atom is -0.331 e. The van der Waals surface area contributed by atoms with Crippen LogP contribution in [0.25, 0.3) is 11.0 Å². The van der Waals surface area contributed by atoms with Crippen molar-refractivity contribution in [2.45, 2.75) is 26.3 Å². The third-order valence-electron chi connectivity index (χ3n) is 4.28. The lowest BCUT2D eigenvalue weighted by molar-refractivity contribution is 0.287. The van der Waals surface area contributed by atoms with Gasteiger partial charge in [0.1, 0.15) is 5.82 Å². The van der Waals surface area contributed by atoms with Gasteiger partial charge in [-0.1, -0.05) is 6.07 Å². The minimum atomic E-state index is -0.0690. The van der Waals surface area contributed by atoms with Crippen LogP contribution in [0.3, 0.4) is 0 Å². The third-order valence-corrected chi connectivity index (χ3v) is 4.28. The van der Waals surface area contributed by atoms with Gasteiger partial charge in [0.2, 0.25) is 0 Å². The number of hydrogen-bond acceptors (Lipinski definition) is 3. The van der Waals surface area contributed by atoms with Gasteiger partial charge in [-0.05, 0) is 44.5 Å². The molecule has 0 amide bonds. The highest BCUT2D eigenvalue weighted by molar-refractivity contribution is 5.76. The molecule has 1 aromatic carbocycles. The van der Waals surface area contributed by atoms with Crippen LogP contribution < -0.4 is 0 Å². The fourth-order valence-electron chi connectivity index (χ4n) is 2.80. The highest BCUT2D eigenvalue weighted by Gasteiger charge is 2.43. The first-order valence-corrected chi connectivity index (χ1v) is 7.05. The minimum absolute atomic E-state index is 0.0690. The Balaban J connectivity index is 1.76. The molecule has 1 saturated carbocycles. The van der Waals surface area contributed by atoms with E-state index in [2.05, 4.69) is 45.8 Å². The molecule has 1 fully saturated rings. The molecule has 20 heavy (non-hydrogen) atoms. The van der Waals surface area contributed by atoms with E-state index in [1.807, 2.05) is 14.0 Å². The van der Waals surface area contributed by atoms with Crippen molar-refractivity contribution in [3.05, 3.63) is 29.6 Å². The Morgan fingerprint density at radius 2 is 2.20 bits per heavy atom. The number of hydrogen-bond donors (Lipinski definition) is 0. The molecule has 1 aliphatic rings. The van der Waals surface area contributed by atoms with Crippen LogP contribution in [0.15, 0.2) is 18.2 Å². The molecule has 0 saturated heterocycles. The van der Waals surface area contributed by atoms with Crippen molar-refractivity contribution in [1.82, 2.24) is 14.5 Å². The molecule has 0 N–H and O–H groups in total. The van der Waals surface area contributed by atoms with Crippen molar-refractivity contribution < 1.29 is 0 Å². The monoisotopic (exact) mass is 268 g/mol. The van der Waals surface area contributed by atoms with Crippen molar-refractivity contribution in [2.24, 2.45) is 12.5 Å².